The fraction of sp³-hybridized carbons (Fsp3) is 0. The van der Waals surface area contributed by atoms with E-state index in [0.717, 1.165) is 0 Å². The largest absolute Gasteiger partial charge is 0.274 e. The lowest BCUT2D eigenvalue weighted by Crippen LogP contribution is -1.93. The van der Waals surface area contributed by atoms with Crippen molar-refractivity contribution in [1.82, 2.24) is 5.48 Å². The standard InChI is InChI=1S/C3H4NO/c1-2-4-5-3-1/h1-4H. The Labute approximate surface area is 30.4 Å². The van der Waals surface area contributed by atoms with Crippen LogP contribution in [0.25, 0.3) is 0 Å². The third-order valence-electron chi connectivity index (χ3n) is 0.379. The van der Waals surface area contributed by atoms with Crippen LogP contribution in [0.3, 0.4) is 0 Å². The summed E-state index contributed by atoms with van der Waals surface area (Å²) in [5, 5.41) is 0. The summed E-state index contributed by atoms with van der Waals surface area (Å²) in [6.45, 7) is 1.57. The van der Waals surface area contributed by atoms with Crippen molar-refractivity contribution >= 4 is 0 Å². The molecule has 0 aliphatic carbocycles. The summed E-state index contributed by atoms with van der Waals surface area (Å²) in [4.78, 5) is 4.46. The number of hydrogen-bond acceptors (Lipinski definition) is 2. The van der Waals surface area contributed by atoms with Gasteiger partial charge in [-0.05, 0) is 6.08 Å². The van der Waals surface area contributed by atoms with E-state index in [2.05, 4.69) is 10.3 Å². The Morgan fingerprint density at radius 1 is 1.60 bits per heavy atom. The number of rotatable bonds is 0. The Morgan fingerprint density at radius 3 is 2.80 bits per heavy atom. The van der Waals surface area contributed by atoms with Crippen molar-refractivity contribution in [3.8, 4) is 0 Å². The van der Waals surface area contributed by atoms with Crippen LogP contribution in [-0.4, -0.2) is 0 Å². The topological polar surface area (TPSA) is 21.3 Å². The average Bonchev–Trinajstić information content (AvgIpc) is 1.76. The van der Waals surface area contributed by atoms with Crippen LogP contribution in [-0.2, 0) is 4.84 Å². The maximum Gasteiger partial charge on any atom is 0.138 e. The molecule has 1 aliphatic rings. The molecule has 1 heterocycles. The third kappa shape index (κ3) is 0.389. The van der Waals surface area contributed by atoms with Crippen LogP contribution in [0.4, 0.5) is 0 Å². The Balaban J connectivity index is 2.32. The summed E-state index contributed by atoms with van der Waals surface area (Å²) in [5.74, 6) is 0. The van der Waals surface area contributed by atoms with Crippen LogP contribution in [0.5, 0.6) is 0 Å². The molecule has 1 N–H and O–H groups in total. The number of hydrogen-bond donors (Lipinski definition) is 1. The first kappa shape index (κ1) is 2.72. The van der Waals surface area contributed by atoms with Crippen LogP contribution >= 0.6 is 0 Å². The van der Waals surface area contributed by atoms with E-state index in [1.807, 2.05) is 0 Å². The van der Waals surface area contributed by atoms with Crippen molar-refractivity contribution in [2.75, 3.05) is 0 Å². The SMILES string of the molecule is [CH]1C=CNO1. The lowest BCUT2D eigenvalue weighted by Gasteiger charge is -1.81. The fourth-order valence-corrected chi connectivity index (χ4v) is 0.196. The highest BCUT2D eigenvalue weighted by molar-refractivity contribution is 4.89. The predicted octanol–water partition coefficient (Wildman–Crippen LogP) is 0.197. The summed E-state index contributed by atoms with van der Waals surface area (Å²) in [7, 11) is 0. The minimum absolute atomic E-state index is 1.57. The predicted molar refractivity (Wildman–Crippen MR) is 17.7 cm³/mol. The van der Waals surface area contributed by atoms with Crippen molar-refractivity contribution in [1.29, 1.82) is 0 Å². The van der Waals surface area contributed by atoms with Gasteiger partial charge in [0, 0.05) is 6.20 Å². The molecule has 0 spiro atoms. The molecule has 0 bridgehead atoms. The lowest BCUT2D eigenvalue weighted by atomic mass is 10.7. The van der Waals surface area contributed by atoms with Gasteiger partial charge in [0.15, 0.2) is 0 Å². The van der Waals surface area contributed by atoms with Crippen molar-refractivity contribution in [2.45, 2.75) is 0 Å². The molecule has 0 unspecified atom stereocenters. The van der Waals surface area contributed by atoms with E-state index >= 15 is 0 Å². The van der Waals surface area contributed by atoms with Gasteiger partial charge in [-0.1, -0.05) is 0 Å². The Hall–Kier alpha value is -0.500. The molecule has 0 aromatic carbocycles. The Bertz CT molecular complexity index is 44.9. The first-order chi connectivity index (χ1) is 2.50. The minimum atomic E-state index is 1.57. The van der Waals surface area contributed by atoms with Crippen LogP contribution in [0.2, 0.25) is 0 Å². The zero-order chi connectivity index (χ0) is 3.54. The summed E-state index contributed by atoms with van der Waals surface area (Å²) < 4.78 is 0. The highest BCUT2D eigenvalue weighted by Crippen LogP contribution is 1.84. The van der Waals surface area contributed by atoms with Gasteiger partial charge < -0.3 is 0 Å². The molecule has 5 heavy (non-hydrogen) atoms. The normalized spacial score (nSPS) is 19.2. The van der Waals surface area contributed by atoms with E-state index in [4.69, 9.17) is 0 Å². The molecule has 2 heteroatoms. The smallest absolute Gasteiger partial charge is 0.138 e. The van der Waals surface area contributed by atoms with E-state index in [1.54, 1.807) is 18.9 Å². The van der Waals surface area contributed by atoms with E-state index < -0.39 is 0 Å². The molecule has 0 saturated heterocycles. The monoisotopic (exact) mass is 70.0 g/mol. The molecule has 0 amide bonds. The van der Waals surface area contributed by atoms with Crippen molar-refractivity contribution in [2.24, 2.45) is 0 Å². The van der Waals surface area contributed by atoms with Gasteiger partial charge in [0.25, 0.3) is 0 Å². The van der Waals surface area contributed by atoms with Gasteiger partial charge in [0.05, 0.1) is 0 Å². The second-order valence-electron chi connectivity index (χ2n) is 0.731. The molecule has 1 radical (unpaired) electrons. The van der Waals surface area contributed by atoms with Gasteiger partial charge >= 0.3 is 0 Å². The first-order valence-electron chi connectivity index (χ1n) is 1.40. The summed E-state index contributed by atoms with van der Waals surface area (Å²) >= 11 is 0. The molecule has 27 valence electrons. The van der Waals surface area contributed by atoms with Gasteiger partial charge in [0.2, 0.25) is 0 Å². The minimum Gasteiger partial charge on any atom is -0.274 e. The molecule has 1 rings (SSSR count). The molecule has 0 fully saturated rings. The zero-order valence-corrected chi connectivity index (χ0v) is 2.64. The third-order valence-corrected chi connectivity index (χ3v) is 0.379. The average molecular weight is 70.1 g/mol. The molecule has 1 aliphatic heterocycles. The van der Waals surface area contributed by atoms with Crippen molar-refractivity contribution in [3.63, 3.8) is 0 Å². The van der Waals surface area contributed by atoms with Crippen LogP contribution in [0, 0.1) is 6.61 Å². The summed E-state index contributed by atoms with van der Waals surface area (Å²) in [6.07, 6.45) is 3.49. The summed E-state index contributed by atoms with van der Waals surface area (Å²) in [5.41, 5.74) is 2.49. The second kappa shape index (κ2) is 1.08. The quantitative estimate of drug-likeness (QED) is 0.439. The molecular formula is C3H4NO. The van der Waals surface area contributed by atoms with Gasteiger partial charge in [-0.3, -0.25) is 10.3 Å². The molecule has 0 aromatic rings. The van der Waals surface area contributed by atoms with Crippen LogP contribution in [0.1, 0.15) is 0 Å². The van der Waals surface area contributed by atoms with Crippen LogP contribution in [0.15, 0.2) is 12.3 Å². The Morgan fingerprint density at radius 2 is 2.60 bits per heavy atom. The molecule has 0 aromatic heterocycles. The molecule has 0 atom stereocenters. The second-order valence-corrected chi connectivity index (χ2v) is 0.731. The molecular weight excluding hydrogens is 66.0 g/mol. The molecule has 0 saturated carbocycles. The maximum absolute atomic E-state index is 4.46. The Kier molecular flexibility index (Phi) is 0.588. The highest BCUT2D eigenvalue weighted by Gasteiger charge is 1.82. The number of nitrogens with one attached hydrogen (secondary N) is 1. The van der Waals surface area contributed by atoms with Gasteiger partial charge in [0.1, 0.15) is 6.61 Å². The number of hydroxylamine groups is 1. The van der Waals surface area contributed by atoms with Crippen molar-refractivity contribution in [3.05, 3.63) is 18.9 Å². The van der Waals surface area contributed by atoms with Crippen molar-refractivity contribution < 1.29 is 4.84 Å². The molecule has 2 nitrogen and oxygen atoms in total. The highest BCUT2D eigenvalue weighted by atomic mass is 16.6. The van der Waals surface area contributed by atoms with E-state index in [-0.39, 0.29) is 0 Å². The van der Waals surface area contributed by atoms with Gasteiger partial charge in [-0.2, -0.15) is 0 Å². The zero-order valence-electron chi connectivity index (χ0n) is 2.64. The van der Waals surface area contributed by atoms with Gasteiger partial charge in [-0.25, -0.2) is 0 Å². The van der Waals surface area contributed by atoms with Crippen LogP contribution < -0.4 is 5.48 Å². The van der Waals surface area contributed by atoms with E-state index in [1.165, 1.54) is 0 Å². The maximum atomic E-state index is 4.46. The first-order valence-corrected chi connectivity index (χ1v) is 1.40. The fourth-order valence-electron chi connectivity index (χ4n) is 0.196. The van der Waals surface area contributed by atoms with Gasteiger partial charge in [-0.15, -0.1) is 0 Å². The van der Waals surface area contributed by atoms with E-state index in [9.17, 15) is 0 Å². The lowest BCUT2D eigenvalue weighted by molar-refractivity contribution is 0.163. The summed E-state index contributed by atoms with van der Waals surface area (Å²) in [6, 6.07) is 0. The van der Waals surface area contributed by atoms with E-state index in [0.29, 0.717) is 0 Å².